The van der Waals surface area contributed by atoms with Crippen molar-refractivity contribution in [2.45, 2.75) is 79.5 Å². The van der Waals surface area contributed by atoms with E-state index in [4.69, 9.17) is 50.3 Å². The molecule has 35 heavy (non-hydrogen) atoms. The monoisotopic (exact) mass is 524 g/mol. The molecule has 1 fully saturated rings. The van der Waals surface area contributed by atoms with Crippen LogP contribution in [0.15, 0.2) is 0 Å². The highest BCUT2D eigenvalue weighted by atomic mass is 16.7. The molecule has 1 heterocycles. The number of ether oxygens (including phenoxy) is 2. The lowest BCUT2D eigenvalue weighted by molar-refractivity contribution is -0.327. The van der Waals surface area contributed by atoms with Crippen LogP contribution >= 0.6 is 0 Å². The quantitative estimate of drug-likeness (QED) is 0.0994. The molecular weight excluding hydrogens is 488 g/mol. The van der Waals surface area contributed by atoms with Crippen LogP contribution in [0.3, 0.4) is 0 Å². The third kappa shape index (κ3) is 9.78. The van der Waals surface area contributed by atoms with E-state index in [1.807, 2.05) is 0 Å². The first-order chi connectivity index (χ1) is 16.3. The first kappa shape index (κ1) is 34.0. The van der Waals surface area contributed by atoms with Crippen LogP contribution in [0, 0.1) is 0 Å². The van der Waals surface area contributed by atoms with Crippen LogP contribution in [-0.4, -0.2) is 184 Å². The number of hydrogen-bond donors (Lipinski definition) is 14. The first-order valence-corrected chi connectivity index (χ1v) is 10.3. The van der Waals surface area contributed by atoms with E-state index < -0.39 is 106 Å². The molecule has 0 aromatic heterocycles. The molecule has 14 N–H and O–H groups in total. The maximum Gasteiger partial charge on any atom is 0.187 e. The Morgan fingerprint density at radius 3 is 1.60 bits per heavy atom. The zero-order valence-electron chi connectivity index (χ0n) is 18.4. The van der Waals surface area contributed by atoms with Gasteiger partial charge in [0.1, 0.15) is 73.2 Å². The van der Waals surface area contributed by atoms with Gasteiger partial charge in [-0.3, -0.25) is 0 Å². The van der Waals surface area contributed by atoms with Gasteiger partial charge in [-0.05, 0) is 0 Å². The van der Waals surface area contributed by atoms with E-state index in [9.17, 15) is 35.4 Å². The van der Waals surface area contributed by atoms with E-state index >= 15 is 0 Å². The summed E-state index contributed by atoms with van der Waals surface area (Å²) in [6, 6.07) is 0. The number of carbonyl (C=O) groups excluding carboxylic acids is 1. The lowest BCUT2D eigenvalue weighted by Crippen LogP contribution is -2.61. The van der Waals surface area contributed by atoms with Crippen LogP contribution < -0.4 is 0 Å². The second-order valence-corrected chi connectivity index (χ2v) is 7.65. The number of hydrogen-bond acceptors (Lipinski definition) is 17. The molecule has 0 amide bonds. The van der Waals surface area contributed by atoms with Crippen molar-refractivity contribution in [2.24, 2.45) is 0 Å². The second-order valence-electron chi connectivity index (χ2n) is 7.65. The predicted molar refractivity (Wildman–Crippen MR) is 108 cm³/mol. The van der Waals surface area contributed by atoms with E-state index in [0.717, 1.165) is 0 Å². The molecule has 1 aliphatic heterocycles. The van der Waals surface area contributed by atoms with Gasteiger partial charge in [0, 0.05) is 0 Å². The Bertz CT molecular complexity index is 567. The van der Waals surface area contributed by atoms with Gasteiger partial charge in [0.2, 0.25) is 0 Å². The van der Waals surface area contributed by atoms with Gasteiger partial charge in [0.05, 0.1) is 26.4 Å². The van der Waals surface area contributed by atoms with E-state index in [0.29, 0.717) is 0 Å². The minimum atomic E-state index is -1.85. The lowest BCUT2D eigenvalue weighted by atomic mass is 9.98. The number of carbonyl (C=O) groups is 1. The van der Waals surface area contributed by atoms with Crippen LogP contribution in [0.5, 0.6) is 0 Å². The van der Waals surface area contributed by atoms with Gasteiger partial charge in [-0.1, -0.05) is 0 Å². The summed E-state index contributed by atoms with van der Waals surface area (Å²) in [5.74, 6) is 0. The number of aliphatic hydroxyl groups excluding tert-OH is 14. The zero-order valence-corrected chi connectivity index (χ0v) is 18.4. The Hall–Kier alpha value is -0.970. The minimum Gasteiger partial charge on any atom is -0.394 e. The van der Waals surface area contributed by atoms with E-state index in [1.54, 1.807) is 0 Å². The van der Waals surface area contributed by atoms with Gasteiger partial charge in [0.25, 0.3) is 0 Å². The number of aliphatic hydroxyl groups is 14. The molecule has 0 aromatic carbocycles. The molecule has 210 valence electrons. The molecular formula is C18H36O17. The fourth-order valence-electron chi connectivity index (χ4n) is 2.78. The Kier molecular flexibility index (Phi) is 16.2. The van der Waals surface area contributed by atoms with Gasteiger partial charge in [-0.15, -0.1) is 0 Å². The third-order valence-corrected chi connectivity index (χ3v) is 5.04. The first-order valence-electron chi connectivity index (χ1n) is 10.3. The summed E-state index contributed by atoms with van der Waals surface area (Å²) in [5.41, 5.74) is 0. The average Bonchev–Trinajstić information content (AvgIpc) is 2.88. The molecule has 0 unspecified atom stereocenters. The molecule has 13 atom stereocenters. The van der Waals surface area contributed by atoms with Crippen molar-refractivity contribution in [1.29, 1.82) is 0 Å². The summed E-state index contributed by atoms with van der Waals surface area (Å²) in [5, 5.41) is 128. The predicted octanol–water partition coefficient (Wildman–Crippen LogP) is -9.14. The Labute approximate surface area is 198 Å². The zero-order chi connectivity index (χ0) is 27.5. The maximum absolute atomic E-state index is 9.90. The Balaban J connectivity index is 0.000000814. The smallest absolute Gasteiger partial charge is 0.187 e. The fraction of sp³-hybridized carbons (Fsp3) is 0.944. The third-order valence-electron chi connectivity index (χ3n) is 5.04. The summed E-state index contributed by atoms with van der Waals surface area (Å²) in [6.45, 7) is -3.21. The average molecular weight is 524 g/mol. The van der Waals surface area contributed by atoms with Gasteiger partial charge in [-0.25, -0.2) is 0 Å². The molecule has 0 aliphatic carbocycles. The molecule has 17 nitrogen and oxygen atoms in total. The molecule has 1 aliphatic rings. The molecule has 0 spiro atoms. The van der Waals surface area contributed by atoms with Crippen molar-refractivity contribution in [3.05, 3.63) is 0 Å². The summed E-state index contributed by atoms with van der Waals surface area (Å²) >= 11 is 0. The van der Waals surface area contributed by atoms with Gasteiger partial charge >= 0.3 is 0 Å². The standard InChI is InChI=1S/C12H24O11.C6H12O6/c13-1-4(16)7(18)11(5(17)2-14)23-12-10(21)9(20)8(19)6(3-15)22-12;7-1-3(9)5(11)6(12)4(10)2-8/h4-21H,1-3H2;1,3-6,8-12H,2H2/t4-,5+,6+,7+,8+,9-,10+,11+,12+;3-,4+,5+,6+/m00/s1. The van der Waals surface area contributed by atoms with E-state index in [2.05, 4.69) is 0 Å². The molecule has 0 bridgehead atoms. The summed E-state index contributed by atoms with van der Waals surface area (Å²) in [6.07, 6.45) is -21.9. The van der Waals surface area contributed by atoms with Crippen molar-refractivity contribution in [2.75, 3.05) is 26.4 Å². The number of rotatable bonds is 13. The van der Waals surface area contributed by atoms with Crippen molar-refractivity contribution in [3.8, 4) is 0 Å². The SMILES string of the molecule is O=C[C@H](O)[C@@H](O)[C@H](O)[C@H](O)CO.OC[C@@H](O)[C@@H](O[C@H]1O[C@H](CO)[C@@H](O)[C@H](O)[C@H]1O)[C@H](O)[C@@H](O)CO. The maximum atomic E-state index is 9.90. The second kappa shape index (κ2) is 16.7. The molecule has 1 rings (SSSR count). The van der Waals surface area contributed by atoms with Crippen molar-refractivity contribution in [3.63, 3.8) is 0 Å². The van der Waals surface area contributed by atoms with E-state index in [1.165, 1.54) is 0 Å². The molecule has 0 radical (unpaired) electrons. The van der Waals surface area contributed by atoms with Gasteiger partial charge < -0.3 is 85.8 Å². The fourth-order valence-corrected chi connectivity index (χ4v) is 2.78. The van der Waals surface area contributed by atoms with Crippen LogP contribution in [-0.2, 0) is 14.3 Å². The van der Waals surface area contributed by atoms with Crippen molar-refractivity contribution >= 4 is 6.29 Å². The van der Waals surface area contributed by atoms with Gasteiger partial charge in [-0.2, -0.15) is 0 Å². The van der Waals surface area contributed by atoms with Crippen LogP contribution in [0.4, 0.5) is 0 Å². The molecule has 1 saturated heterocycles. The highest BCUT2D eigenvalue weighted by molar-refractivity contribution is 5.56. The highest BCUT2D eigenvalue weighted by Gasteiger charge is 2.46. The molecule has 17 heteroatoms. The largest absolute Gasteiger partial charge is 0.394 e. The Morgan fingerprint density at radius 1 is 0.686 bits per heavy atom. The van der Waals surface area contributed by atoms with Crippen LogP contribution in [0.25, 0.3) is 0 Å². The summed E-state index contributed by atoms with van der Waals surface area (Å²) in [7, 11) is 0. The van der Waals surface area contributed by atoms with Crippen LogP contribution in [0.2, 0.25) is 0 Å². The molecule has 0 aromatic rings. The number of aldehydes is 1. The van der Waals surface area contributed by atoms with E-state index in [-0.39, 0.29) is 6.29 Å². The van der Waals surface area contributed by atoms with Crippen LogP contribution in [0.1, 0.15) is 0 Å². The lowest BCUT2D eigenvalue weighted by Gasteiger charge is -2.42. The normalized spacial score (nSPS) is 31.7. The van der Waals surface area contributed by atoms with Crippen molar-refractivity contribution < 1.29 is 85.8 Å². The van der Waals surface area contributed by atoms with Crippen molar-refractivity contribution in [1.82, 2.24) is 0 Å². The molecule has 0 saturated carbocycles. The highest BCUT2D eigenvalue weighted by Crippen LogP contribution is 2.24. The van der Waals surface area contributed by atoms with Gasteiger partial charge in [0.15, 0.2) is 12.6 Å². The topological polar surface area (TPSA) is 319 Å². The minimum absolute atomic E-state index is 0.0258. The Morgan fingerprint density at radius 2 is 1.17 bits per heavy atom. The summed E-state index contributed by atoms with van der Waals surface area (Å²) in [4.78, 5) is 9.90. The summed E-state index contributed by atoms with van der Waals surface area (Å²) < 4.78 is 10.1.